The average Bonchev–Trinajstić information content (AvgIpc) is 2.78. The second-order valence-corrected chi connectivity index (χ2v) is 6.53. The summed E-state index contributed by atoms with van der Waals surface area (Å²) in [5.41, 5.74) is 0. The van der Waals surface area contributed by atoms with Crippen molar-refractivity contribution in [2.45, 2.75) is 11.3 Å². The highest BCUT2D eigenvalue weighted by Gasteiger charge is 2.32. The lowest BCUT2D eigenvalue weighted by molar-refractivity contribution is 0.233. The third-order valence-corrected chi connectivity index (χ3v) is 5.04. The van der Waals surface area contributed by atoms with E-state index in [-0.39, 0.29) is 17.4 Å². The third kappa shape index (κ3) is 2.63. The lowest BCUT2D eigenvalue weighted by atomic mass is 10.1. The summed E-state index contributed by atoms with van der Waals surface area (Å²) in [5, 5.41) is 9.43. The molecule has 1 fully saturated rings. The third-order valence-electron chi connectivity index (χ3n) is 2.94. The Hall–Kier alpha value is -0.620. The van der Waals surface area contributed by atoms with Gasteiger partial charge in [-0.1, -0.05) is 17.7 Å². The number of rotatable bonds is 3. The predicted molar refractivity (Wildman–Crippen MR) is 65.4 cm³/mol. The van der Waals surface area contributed by atoms with Gasteiger partial charge in [0.25, 0.3) is 0 Å². The molecule has 0 aromatic heterocycles. The first-order valence-electron chi connectivity index (χ1n) is 5.40. The summed E-state index contributed by atoms with van der Waals surface area (Å²) in [4.78, 5) is 0.212. The van der Waals surface area contributed by atoms with Crippen LogP contribution in [0.5, 0.6) is 0 Å². The molecule has 1 N–H and O–H groups in total. The molecule has 1 aliphatic heterocycles. The van der Waals surface area contributed by atoms with Gasteiger partial charge in [-0.25, -0.2) is 8.42 Å². The quantitative estimate of drug-likeness (QED) is 0.906. The molecular weight excluding hydrogens is 262 g/mol. The van der Waals surface area contributed by atoms with E-state index in [1.54, 1.807) is 12.1 Å². The fourth-order valence-electron chi connectivity index (χ4n) is 1.94. The Morgan fingerprint density at radius 2 is 2.24 bits per heavy atom. The van der Waals surface area contributed by atoms with Crippen LogP contribution >= 0.6 is 11.6 Å². The Labute approximate surface area is 106 Å². The monoisotopic (exact) mass is 275 g/mol. The zero-order chi connectivity index (χ0) is 12.5. The molecule has 0 bridgehead atoms. The van der Waals surface area contributed by atoms with Crippen molar-refractivity contribution in [3.63, 3.8) is 0 Å². The van der Waals surface area contributed by atoms with E-state index in [9.17, 15) is 8.42 Å². The van der Waals surface area contributed by atoms with Crippen LogP contribution in [-0.2, 0) is 10.0 Å². The van der Waals surface area contributed by atoms with E-state index in [4.69, 9.17) is 16.7 Å². The summed E-state index contributed by atoms with van der Waals surface area (Å²) in [6, 6.07) is 6.24. The molecule has 0 amide bonds. The van der Waals surface area contributed by atoms with Crippen LogP contribution in [0.4, 0.5) is 0 Å². The minimum atomic E-state index is -3.47. The molecule has 4 nitrogen and oxygen atoms in total. The summed E-state index contributed by atoms with van der Waals surface area (Å²) in [5.74, 6) is 0.0453. The van der Waals surface area contributed by atoms with Crippen molar-refractivity contribution in [2.75, 3.05) is 19.7 Å². The Morgan fingerprint density at radius 1 is 1.47 bits per heavy atom. The second-order valence-electron chi connectivity index (χ2n) is 4.16. The van der Waals surface area contributed by atoms with Crippen LogP contribution in [0.2, 0.25) is 5.02 Å². The van der Waals surface area contributed by atoms with Crippen LogP contribution in [0.15, 0.2) is 29.2 Å². The summed E-state index contributed by atoms with van der Waals surface area (Å²) in [7, 11) is -3.47. The van der Waals surface area contributed by atoms with Gasteiger partial charge in [-0.05, 0) is 30.5 Å². The average molecular weight is 276 g/mol. The summed E-state index contributed by atoms with van der Waals surface area (Å²) in [6.07, 6.45) is 0.705. The molecule has 1 aliphatic rings. The zero-order valence-electron chi connectivity index (χ0n) is 9.21. The smallest absolute Gasteiger partial charge is 0.243 e. The van der Waals surface area contributed by atoms with Gasteiger partial charge < -0.3 is 5.11 Å². The molecule has 94 valence electrons. The minimum absolute atomic E-state index is 0.0293. The number of sulfonamides is 1. The molecule has 6 heteroatoms. The number of aliphatic hydroxyl groups is 1. The van der Waals surface area contributed by atoms with Gasteiger partial charge in [-0.3, -0.25) is 0 Å². The van der Waals surface area contributed by atoms with Gasteiger partial charge in [0.05, 0.1) is 4.90 Å². The van der Waals surface area contributed by atoms with Crippen molar-refractivity contribution < 1.29 is 13.5 Å². The molecule has 0 saturated carbocycles. The highest BCUT2D eigenvalue weighted by atomic mass is 35.5. The fourth-order valence-corrected chi connectivity index (χ4v) is 3.77. The van der Waals surface area contributed by atoms with Crippen LogP contribution < -0.4 is 0 Å². The summed E-state index contributed by atoms with van der Waals surface area (Å²) < 4.78 is 25.9. The summed E-state index contributed by atoms with van der Waals surface area (Å²) in [6.45, 7) is 0.868. The number of nitrogens with zero attached hydrogens (tertiary/aromatic N) is 1. The van der Waals surface area contributed by atoms with E-state index >= 15 is 0 Å². The number of hydrogen-bond donors (Lipinski definition) is 1. The van der Waals surface area contributed by atoms with E-state index in [2.05, 4.69) is 0 Å². The highest BCUT2D eigenvalue weighted by molar-refractivity contribution is 7.89. The largest absolute Gasteiger partial charge is 0.396 e. The predicted octanol–water partition coefficient (Wildman–Crippen LogP) is 1.34. The minimum Gasteiger partial charge on any atom is -0.396 e. The molecule has 1 saturated heterocycles. The molecule has 2 rings (SSSR count). The molecule has 1 heterocycles. The topological polar surface area (TPSA) is 57.6 Å². The first-order valence-corrected chi connectivity index (χ1v) is 7.22. The van der Waals surface area contributed by atoms with Gasteiger partial charge in [0.15, 0.2) is 0 Å². The molecule has 0 aliphatic carbocycles. The molecule has 0 spiro atoms. The first-order chi connectivity index (χ1) is 8.04. The van der Waals surface area contributed by atoms with Crippen LogP contribution in [0.3, 0.4) is 0 Å². The molecule has 0 radical (unpaired) electrons. The van der Waals surface area contributed by atoms with Gasteiger partial charge in [0, 0.05) is 24.7 Å². The van der Waals surface area contributed by atoms with E-state index in [0.29, 0.717) is 24.5 Å². The first kappa shape index (κ1) is 12.8. The van der Waals surface area contributed by atoms with Crippen LogP contribution in [0, 0.1) is 5.92 Å². The molecular formula is C11H14ClNO3S. The summed E-state index contributed by atoms with van der Waals surface area (Å²) >= 11 is 5.79. The maximum Gasteiger partial charge on any atom is 0.243 e. The number of hydrogen-bond acceptors (Lipinski definition) is 3. The number of benzene rings is 1. The Kier molecular flexibility index (Phi) is 3.73. The molecule has 1 unspecified atom stereocenters. The lowest BCUT2D eigenvalue weighted by Crippen LogP contribution is -2.29. The molecule has 17 heavy (non-hydrogen) atoms. The number of halogens is 1. The Bertz CT molecular complexity index is 503. The van der Waals surface area contributed by atoms with Gasteiger partial charge >= 0.3 is 0 Å². The van der Waals surface area contributed by atoms with Crippen molar-refractivity contribution in [1.29, 1.82) is 0 Å². The van der Waals surface area contributed by atoms with Gasteiger partial charge in [-0.2, -0.15) is 4.31 Å². The van der Waals surface area contributed by atoms with Crippen molar-refractivity contribution in [1.82, 2.24) is 4.31 Å². The normalized spacial score (nSPS) is 21.9. The SMILES string of the molecule is O=S(=O)(c1cccc(Cl)c1)N1CCC(CO)C1. The van der Waals surface area contributed by atoms with Crippen LogP contribution in [-0.4, -0.2) is 37.5 Å². The van der Waals surface area contributed by atoms with Crippen molar-refractivity contribution in [3.8, 4) is 0 Å². The Balaban J connectivity index is 2.25. The van der Waals surface area contributed by atoms with Crippen LogP contribution in [0.1, 0.15) is 6.42 Å². The van der Waals surface area contributed by atoms with Crippen molar-refractivity contribution in [3.05, 3.63) is 29.3 Å². The second kappa shape index (κ2) is 4.94. The Morgan fingerprint density at radius 3 is 2.82 bits per heavy atom. The maximum absolute atomic E-state index is 12.2. The molecule has 1 aromatic rings. The van der Waals surface area contributed by atoms with E-state index < -0.39 is 10.0 Å². The standard InChI is InChI=1S/C11H14ClNO3S/c12-10-2-1-3-11(6-10)17(15,16)13-5-4-9(7-13)8-14/h1-3,6,9,14H,4-5,7-8H2. The molecule has 1 atom stereocenters. The number of aliphatic hydroxyl groups excluding tert-OH is 1. The maximum atomic E-state index is 12.2. The zero-order valence-corrected chi connectivity index (χ0v) is 10.8. The highest BCUT2D eigenvalue weighted by Crippen LogP contribution is 2.25. The lowest BCUT2D eigenvalue weighted by Gasteiger charge is -2.16. The fraction of sp³-hybridized carbons (Fsp3) is 0.455. The van der Waals surface area contributed by atoms with Gasteiger partial charge in [-0.15, -0.1) is 0 Å². The van der Waals surface area contributed by atoms with Crippen LogP contribution in [0.25, 0.3) is 0 Å². The van der Waals surface area contributed by atoms with Gasteiger partial charge in [0.1, 0.15) is 0 Å². The van der Waals surface area contributed by atoms with E-state index in [1.807, 2.05) is 0 Å². The molecule has 1 aromatic carbocycles. The van der Waals surface area contributed by atoms with Crippen molar-refractivity contribution >= 4 is 21.6 Å². The van der Waals surface area contributed by atoms with Gasteiger partial charge in [0.2, 0.25) is 10.0 Å². The van der Waals surface area contributed by atoms with E-state index in [1.165, 1.54) is 16.4 Å². The van der Waals surface area contributed by atoms with E-state index in [0.717, 1.165) is 0 Å². The van der Waals surface area contributed by atoms with Crippen molar-refractivity contribution in [2.24, 2.45) is 5.92 Å².